The molecule has 0 aliphatic carbocycles. The van der Waals surface area contributed by atoms with E-state index in [9.17, 15) is 9.18 Å². The Morgan fingerprint density at radius 2 is 1.83 bits per heavy atom. The number of nitrogens with one attached hydrogen (secondary N) is 2. The second kappa shape index (κ2) is 9.56. The molecule has 1 atom stereocenters. The molecule has 0 spiro atoms. The molecule has 0 saturated carbocycles. The summed E-state index contributed by atoms with van der Waals surface area (Å²) in [5.74, 6) is 1.01. The molecule has 6 nitrogen and oxygen atoms in total. The molecule has 3 rings (SSSR count). The molecular weight excluding hydrogens is 389 g/mol. The van der Waals surface area contributed by atoms with Gasteiger partial charge >= 0.3 is 6.03 Å². The van der Waals surface area contributed by atoms with Crippen molar-refractivity contribution in [2.45, 2.75) is 37.7 Å². The van der Waals surface area contributed by atoms with E-state index in [4.69, 9.17) is 0 Å². The van der Waals surface area contributed by atoms with Gasteiger partial charge in [-0.15, -0.1) is 10.2 Å². The number of nitrogens with zero attached hydrogens (tertiary/aromatic N) is 3. The first-order valence-corrected chi connectivity index (χ1v) is 10.4. The van der Waals surface area contributed by atoms with Crippen LogP contribution in [0.2, 0.25) is 0 Å². The summed E-state index contributed by atoms with van der Waals surface area (Å²) in [7, 11) is 0. The molecule has 2 amide bonds. The van der Waals surface area contributed by atoms with Crippen LogP contribution in [-0.2, 0) is 5.75 Å². The molecule has 1 aromatic heterocycles. The SMILES string of the molecule is CCNC(=O)N[C@H](C)c1nnc(SCc2ccc(F)cc2)n1-c1ccc(C)cc1. The number of thioether (sulfide) groups is 1. The second-order valence-electron chi connectivity index (χ2n) is 6.65. The Bertz CT molecular complexity index is 956. The van der Waals surface area contributed by atoms with Gasteiger partial charge < -0.3 is 10.6 Å². The summed E-state index contributed by atoms with van der Waals surface area (Å²) >= 11 is 1.51. The Labute approximate surface area is 173 Å². The van der Waals surface area contributed by atoms with Gasteiger partial charge in [-0.05, 0) is 50.6 Å². The van der Waals surface area contributed by atoms with Crippen molar-refractivity contribution in [3.8, 4) is 5.69 Å². The number of aromatic nitrogens is 3. The number of amides is 2. The maximum absolute atomic E-state index is 13.1. The number of aryl methyl sites for hydroxylation is 1. The number of halogens is 1. The predicted molar refractivity (Wildman–Crippen MR) is 113 cm³/mol. The molecule has 0 radical (unpaired) electrons. The van der Waals surface area contributed by atoms with Crippen LogP contribution in [0.25, 0.3) is 5.69 Å². The zero-order valence-corrected chi connectivity index (χ0v) is 17.5. The van der Waals surface area contributed by atoms with Crippen LogP contribution >= 0.6 is 11.8 Å². The molecule has 152 valence electrons. The molecule has 2 N–H and O–H groups in total. The maximum Gasteiger partial charge on any atom is 0.315 e. The monoisotopic (exact) mass is 413 g/mol. The Morgan fingerprint density at radius 1 is 1.14 bits per heavy atom. The number of hydrogen-bond acceptors (Lipinski definition) is 4. The zero-order valence-electron chi connectivity index (χ0n) is 16.6. The molecule has 3 aromatic rings. The third-order valence-corrected chi connectivity index (χ3v) is 5.30. The molecule has 0 fully saturated rings. The van der Waals surface area contributed by atoms with Crippen LogP contribution in [0.15, 0.2) is 53.7 Å². The van der Waals surface area contributed by atoms with Gasteiger partial charge in [-0.2, -0.15) is 0 Å². The summed E-state index contributed by atoms with van der Waals surface area (Å²) in [5.41, 5.74) is 3.06. The first-order chi connectivity index (χ1) is 14.0. The summed E-state index contributed by atoms with van der Waals surface area (Å²) in [4.78, 5) is 11.9. The predicted octanol–water partition coefficient (Wildman–Crippen LogP) is 4.39. The van der Waals surface area contributed by atoms with E-state index in [1.807, 2.05) is 49.6 Å². The standard InChI is InChI=1S/C21H24FN5OS/c1-4-23-20(28)24-15(3)19-25-26-21(27(19)18-11-5-14(2)6-12-18)29-13-16-7-9-17(22)10-8-16/h5-12,15H,4,13H2,1-3H3,(H2,23,24,28)/t15-/m1/s1. The topological polar surface area (TPSA) is 71.8 Å². The lowest BCUT2D eigenvalue weighted by Crippen LogP contribution is -2.37. The average molecular weight is 414 g/mol. The fraction of sp³-hybridized carbons (Fsp3) is 0.286. The Morgan fingerprint density at radius 3 is 2.48 bits per heavy atom. The van der Waals surface area contributed by atoms with Crippen LogP contribution in [-0.4, -0.2) is 27.3 Å². The Hall–Kier alpha value is -2.87. The highest BCUT2D eigenvalue weighted by molar-refractivity contribution is 7.98. The minimum absolute atomic E-state index is 0.251. The molecular formula is C21H24FN5OS. The van der Waals surface area contributed by atoms with E-state index >= 15 is 0 Å². The number of carbonyl (C=O) groups excluding carboxylic acids is 1. The van der Waals surface area contributed by atoms with Crippen molar-refractivity contribution in [2.24, 2.45) is 0 Å². The number of carbonyl (C=O) groups is 1. The summed E-state index contributed by atoms with van der Waals surface area (Å²) in [5, 5.41) is 15.0. The van der Waals surface area contributed by atoms with Gasteiger partial charge in [0.2, 0.25) is 0 Å². The lowest BCUT2D eigenvalue weighted by atomic mass is 10.2. The first-order valence-electron chi connectivity index (χ1n) is 9.42. The normalized spacial score (nSPS) is 11.9. The van der Waals surface area contributed by atoms with Crippen LogP contribution in [0.5, 0.6) is 0 Å². The van der Waals surface area contributed by atoms with E-state index in [1.165, 1.54) is 23.9 Å². The zero-order chi connectivity index (χ0) is 20.8. The van der Waals surface area contributed by atoms with Crippen molar-refractivity contribution >= 4 is 17.8 Å². The lowest BCUT2D eigenvalue weighted by Gasteiger charge is -2.16. The minimum Gasteiger partial charge on any atom is -0.338 e. The van der Waals surface area contributed by atoms with Crippen LogP contribution in [0.1, 0.15) is 36.8 Å². The number of rotatable bonds is 7. The minimum atomic E-state index is -0.337. The van der Waals surface area contributed by atoms with Gasteiger partial charge in [0.25, 0.3) is 0 Å². The third-order valence-electron chi connectivity index (χ3n) is 4.30. The van der Waals surface area contributed by atoms with Gasteiger partial charge in [-0.1, -0.05) is 41.6 Å². The highest BCUT2D eigenvalue weighted by atomic mass is 32.2. The fourth-order valence-corrected chi connectivity index (χ4v) is 3.71. The largest absolute Gasteiger partial charge is 0.338 e. The quantitative estimate of drug-likeness (QED) is 0.564. The van der Waals surface area contributed by atoms with Crippen LogP contribution in [0, 0.1) is 12.7 Å². The van der Waals surface area contributed by atoms with Gasteiger partial charge in [0.15, 0.2) is 11.0 Å². The molecule has 1 heterocycles. The van der Waals surface area contributed by atoms with Crippen molar-refractivity contribution in [3.05, 3.63) is 71.3 Å². The van der Waals surface area contributed by atoms with Crippen molar-refractivity contribution < 1.29 is 9.18 Å². The van der Waals surface area contributed by atoms with E-state index in [1.54, 1.807) is 12.1 Å². The highest BCUT2D eigenvalue weighted by Crippen LogP contribution is 2.27. The molecule has 0 bridgehead atoms. The van der Waals surface area contributed by atoms with Crippen molar-refractivity contribution in [1.29, 1.82) is 0 Å². The average Bonchev–Trinajstić information content (AvgIpc) is 3.12. The Kier molecular flexibility index (Phi) is 6.87. The number of benzene rings is 2. The van der Waals surface area contributed by atoms with E-state index < -0.39 is 0 Å². The molecule has 0 unspecified atom stereocenters. The number of urea groups is 1. The second-order valence-corrected chi connectivity index (χ2v) is 7.59. The summed E-state index contributed by atoms with van der Waals surface area (Å²) in [6.45, 7) is 6.31. The van der Waals surface area contributed by atoms with Crippen LogP contribution < -0.4 is 10.6 Å². The van der Waals surface area contributed by atoms with Gasteiger partial charge in [0.1, 0.15) is 5.82 Å². The lowest BCUT2D eigenvalue weighted by molar-refractivity contribution is 0.238. The van der Waals surface area contributed by atoms with Gasteiger partial charge in [0, 0.05) is 18.0 Å². The fourth-order valence-electron chi connectivity index (χ4n) is 2.79. The summed E-state index contributed by atoms with van der Waals surface area (Å²) in [6, 6.07) is 13.9. The molecule has 0 aliphatic rings. The van der Waals surface area contributed by atoms with E-state index in [2.05, 4.69) is 20.8 Å². The van der Waals surface area contributed by atoms with E-state index in [-0.39, 0.29) is 17.9 Å². The number of hydrogen-bond donors (Lipinski definition) is 2. The smallest absolute Gasteiger partial charge is 0.315 e. The van der Waals surface area contributed by atoms with Crippen molar-refractivity contribution in [2.75, 3.05) is 6.54 Å². The molecule has 8 heteroatoms. The summed E-state index contributed by atoms with van der Waals surface area (Å²) in [6.07, 6.45) is 0. The van der Waals surface area contributed by atoms with Crippen LogP contribution in [0.3, 0.4) is 0 Å². The van der Waals surface area contributed by atoms with Gasteiger partial charge in [-0.3, -0.25) is 4.57 Å². The van der Waals surface area contributed by atoms with E-state index in [0.29, 0.717) is 23.3 Å². The molecule has 0 saturated heterocycles. The van der Waals surface area contributed by atoms with E-state index in [0.717, 1.165) is 16.8 Å². The van der Waals surface area contributed by atoms with Gasteiger partial charge in [-0.25, -0.2) is 9.18 Å². The van der Waals surface area contributed by atoms with Crippen molar-refractivity contribution in [3.63, 3.8) is 0 Å². The van der Waals surface area contributed by atoms with Crippen LogP contribution in [0.4, 0.5) is 9.18 Å². The maximum atomic E-state index is 13.1. The summed E-state index contributed by atoms with van der Waals surface area (Å²) < 4.78 is 15.1. The molecule has 29 heavy (non-hydrogen) atoms. The first kappa shape index (κ1) is 20.9. The molecule has 2 aromatic carbocycles. The Balaban J connectivity index is 1.89. The molecule has 0 aliphatic heterocycles. The van der Waals surface area contributed by atoms with Gasteiger partial charge in [0.05, 0.1) is 6.04 Å². The third kappa shape index (κ3) is 5.35. The highest BCUT2D eigenvalue weighted by Gasteiger charge is 2.21. The van der Waals surface area contributed by atoms with Crippen molar-refractivity contribution in [1.82, 2.24) is 25.4 Å².